The molecule has 1 aliphatic heterocycles. The molecule has 0 radical (unpaired) electrons. The molecule has 1 rings (SSSR count). The van der Waals surface area contributed by atoms with Gasteiger partial charge in [0, 0.05) is 19.1 Å². The highest BCUT2D eigenvalue weighted by molar-refractivity contribution is 5.69. The Morgan fingerprint density at radius 2 is 2.24 bits per heavy atom. The van der Waals surface area contributed by atoms with E-state index < -0.39 is 0 Å². The third kappa shape index (κ3) is 5.04. The second kappa shape index (κ2) is 7.67. The summed E-state index contributed by atoms with van der Waals surface area (Å²) in [6.07, 6.45) is 3.10. The van der Waals surface area contributed by atoms with Crippen molar-refractivity contribution in [3.05, 3.63) is 0 Å². The lowest BCUT2D eigenvalue weighted by Gasteiger charge is -2.27. The smallest absolute Gasteiger partial charge is 0.307 e. The number of likely N-dealkylation sites (tertiary alicyclic amines) is 1. The first-order valence-electron chi connectivity index (χ1n) is 6.75. The normalized spacial score (nSPS) is 21.1. The number of rotatable bonds is 7. The molecule has 0 spiro atoms. The maximum absolute atomic E-state index is 11.2. The molecule has 1 saturated heterocycles. The summed E-state index contributed by atoms with van der Waals surface area (Å²) in [6.45, 7) is 8.77. The predicted octanol–water partition coefficient (Wildman–Crippen LogP) is 1.36. The molecule has 0 N–H and O–H groups in total. The highest BCUT2D eigenvalue weighted by atomic mass is 16.5. The molecule has 0 aromatic carbocycles. The Morgan fingerprint density at radius 1 is 1.47 bits per heavy atom. The number of hydrogen-bond acceptors (Lipinski definition) is 4. The molecule has 1 atom stereocenters. The Labute approximate surface area is 105 Å². The zero-order valence-electron chi connectivity index (χ0n) is 11.4. The molecular weight excluding hydrogens is 216 g/mol. The summed E-state index contributed by atoms with van der Waals surface area (Å²) >= 11 is 0. The zero-order valence-corrected chi connectivity index (χ0v) is 11.4. The lowest BCUT2D eigenvalue weighted by molar-refractivity contribution is -0.143. The number of likely N-dealkylation sites (N-methyl/N-ethyl adjacent to an activating group) is 2. The molecule has 0 bridgehead atoms. The molecule has 17 heavy (non-hydrogen) atoms. The van der Waals surface area contributed by atoms with Gasteiger partial charge in [0.15, 0.2) is 0 Å². The van der Waals surface area contributed by atoms with Crippen molar-refractivity contribution in [3.63, 3.8) is 0 Å². The van der Waals surface area contributed by atoms with Gasteiger partial charge in [0.1, 0.15) is 0 Å². The minimum absolute atomic E-state index is 0.0851. The minimum atomic E-state index is -0.0851. The monoisotopic (exact) mass is 242 g/mol. The summed E-state index contributed by atoms with van der Waals surface area (Å²) < 4.78 is 4.93. The van der Waals surface area contributed by atoms with E-state index in [1.54, 1.807) is 0 Å². The number of esters is 1. The molecular formula is C13H26N2O2. The second-order valence-electron chi connectivity index (χ2n) is 4.74. The molecule has 1 heterocycles. The van der Waals surface area contributed by atoms with Gasteiger partial charge in [0.25, 0.3) is 0 Å². The first kappa shape index (κ1) is 14.5. The number of carbonyl (C=O) groups excluding carboxylic acids is 1. The van der Waals surface area contributed by atoms with Gasteiger partial charge in [-0.2, -0.15) is 0 Å². The van der Waals surface area contributed by atoms with E-state index in [0.717, 1.165) is 19.6 Å². The molecule has 1 aliphatic rings. The molecule has 0 aromatic rings. The Morgan fingerprint density at radius 3 is 2.88 bits per heavy atom. The molecule has 1 fully saturated rings. The van der Waals surface area contributed by atoms with Gasteiger partial charge < -0.3 is 9.64 Å². The predicted molar refractivity (Wildman–Crippen MR) is 69.0 cm³/mol. The van der Waals surface area contributed by atoms with Crippen molar-refractivity contribution in [1.29, 1.82) is 0 Å². The van der Waals surface area contributed by atoms with Crippen molar-refractivity contribution in [2.45, 2.75) is 39.2 Å². The Bertz CT molecular complexity index is 233. The summed E-state index contributed by atoms with van der Waals surface area (Å²) in [5, 5.41) is 0. The van der Waals surface area contributed by atoms with Crippen molar-refractivity contribution in [3.8, 4) is 0 Å². The number of carbonyl (C=O) groups is 1. The lowest BCUT2D eigenvalue weighted by atomic mass is 10.2. The van der Waals surface area contributed by atoms with Crippen LogP contribution in [0.15, 0.2) is 0 Å². The van der Waals surface area contributed by atoms with Crippen molar-refractivity contribution in [2.24, 2.45) is 0 Å². The van der Waals surface area contributed by atoms with Crippen LogP contribution in [0.3, 0.4) is 0 Å². The number of hydrogen-bond donors (Lipinski definition) is 0. The molecule has 0 amide bonds. The van der Waals surface area contributed by atoms with Crippen molar-refractivity contribution >= 4 is 5.97 Å². The van der Waals surface area contributed by atoms with E-state index in [2.05, 4.69) is 23.8 Å². The largest absolute Gasteiger partial charge is 0.466 e. The number of nitrogens with zero attached hydrogens (tertiary/aromatic N) is 2. The van der Waals surface area contributed by atoms with Gasteiger partial charge in [-0.1, -0.05) is 6.92 Å². The fraction of sp³-hybridized carbons (Fsp3) is 0.923. The van der Waals surface area contributed by atoms with Gasteiger partial charge in [-0.25, -0.2) is 0 Å². The average molecular weight is 242 g/mol. The summed E-state index contributed by atoms with van der Waals surface area (Å²) in [7, 11) is 2.09. The third-order valence-electron chi connectivity index (χ3n) is 3.43. The molecule has 0 aliphatic carbocycles. The highest BCUT2D eigenvalue weighted by Crippen LogP contribution is 2.17. The highest BCUT2D eigenvalue weighted by Gasteiger charge is 2.23. The maximum Gasteiger partial charge on any atom is 0.307 e. The topological polar surface area (TPSA) is 32.8 Å². The van der Waals surface area contributed by atoms with Gasteiger partial charge in [-0.05, 0) is 39.9 Å². The molecule has 0 aromatic heterocycles. The second-order valence-corrected chi connectivity index (χ2v) is 4.74. The maximum atomic E-state index is 11.2. The van der Waals surface area contributed by atoms with E-state index in [4.69, 9.17) is 4.74 Å². The van der Waals surface area contributed by atoms with E-state index >= 15 is 0 Å². The zero-order chi connectivity index (χ0) is 12.7. The summed E-state index contributed by atoms with van der Waals surface area (Å²) in [5.74, 6) is -0.0851. The van der Waals surface area contributed by atoms with E-state index in [1.165, 1.54) is 19.4 Å². The quantitative estimate of drug-likeness (QED) is 0.631. The minimum Gasteiger partial charge on any atom is -0.466 e. The molecule has 4 nitrogen and oxygen atoms in total. The van der Waals surface area contributed by atoms with E-state index in [1.807, 2.05) is 6.92 Å². The van der Waals surface area contributed by atoms with Gasteiger partial charge in [-0.3, -0.25) is 9.69 Å². The Balaban J connectivity index is 2.20. The van der Waals surface area contributed by atoms with E-state index in [0.29, 0.717) is 19.1 Å². The SMILES string of the molecule is CCOC(=O)CCN(C)CC1CCCN1CC. The van der Waals surface area contributed by atoms with Crippen LogP contribution in [-0.2, 0) is 9.53 Å². The fourth-order valence-corrected chi connectivity index (χ4v) is 2.48. The van der Waals surface area contributed by atoms with Crippen molar-refractivity contribution < 1.29 is 9.53 Å². The number of ether oxygens (including phenoxy) is 1. The summed E-state index contributed by atoms with van der Waals surface area (Å²) in [6, 6.07) is 0.673. The first-order valence-corrected chi connectivity index (χ1v) is 6.75. The standard InChI is InChI=1S/C13H26N2O2/c1-4-15-9-6-7-12(15)11-14(3)10-8-13(16)17-5-2/h12H,4-11H2,1-3H3. The molecule has 100 valence electrons. The third-order valence-corrected chi connectivity index (χ3v) is 3.43. The van der Waals surface area contributed by atoms with Gasteiger partial charge in [-0.15, -0.1) is 0 Å². The van der Waals surface area contributed by atoms with Crippen LogP contribution in [0.4, 0.5) is 0 Å². The van der Waals surface area contributed by atoms with E-state index in [9.17, 15) is 4.79 Å². The van der Waals surface area contributed by atoms with Crippen LogP contribution in [0, 0.1) is 0 Å². The van der Waals surface area contributed by atoms with E-state index in [-0.39, 0.29) is 5.97 Å². The summed E-state index contributed by atoms with van der Waals surface area (Å²) in [5.41, 5.74) is 0. The molecule has 0 saturated carbocycles. The van der Waals surface area contributed by atoms with Crippen LogP contribution < -0.4 is 0 Å². The van der Waals surface area contributed by atoms with Crippen molar-refractivity contribution in [1.82, 2.24) is 9.80 Å². The van der Waals surface area contributed by atoms with Crippen LogP contribution in [0.1, 0.15) is 33.1 Å². The first-order chi connectivity index (χ1) is 8.17. The Hall–Kier alpha value is -0.610. The lowest BCUT2D eigenvalue weighted by Crippen LogP contribution is -2.39. The fourth-order valence-electron chi connectivity index (χ4n) is 2.48. The van der Waals surface area contributed by atoms with Gasteiger partial charge in [0.05, 0.1) is 13.0 Å². The average Bonchev–Trinajstić information content (AvgIpc) is 2.74. The van der Waals surface area contributed by atoms with Crippen LogP contribution in [-0.4, -0.2) is 61.6 Å². The van der Waals surface area contributed by atoms with Crippen molar-refractivity contribution in [2.75, 3.05) is 39.8 Å². The van der Waals surface area contributed by atoms with Gasteiger partial charge >= 0.3 is 5.97 Å². The van der Waals surface area contributed by atoms with Crippen LogP contribution >= 0.6 is 0 Å². The molecule has 1 unspecified atom stereocenters. The van der Waals surface area contributed by atoms with Crippen LogP contribution in [0.5, 0.6) is 0 Å². The van der Waals surface area contributed by atoms with Crippen LogP contribution in [0.2, 0.25) is 0 Å². The van der Waals surface area contributed by atoms with Crippen LogP contribution in [0.25, 0.3) is 0 Å². The molecule has 4 heteroatoms. The summed E-state index contributed by atoms with van der Waals surface area (Å²) in [4.78, 5) is 16.0. The Kier molecular flexibility index (Phi) is 6.52. The van der Waals surface area contributed by atoms with Gasteiger partial charge in [0.2, 0.25) is 0 Å².